The quantitative estimate of drug-likeness (QED) is 0.599. The van der Waals surface area contributed by atoms with Crippen LogP contribution in [0.4, 0.5) is 0 Å². The lowest BCUT2D eigenvalue weighted by molar-refractivity contribution is 0.0109. The Balaban J connectivity index is 2.65. The summed E-state index contributed by atoms with van der Waals surface area (Å²) in [5.41, 5.74) is 5.28. The zero-order valence-electron chi connectivity index (χ0n) is 8.63. The molecule has 0 radical (unpaired) electrons. The van der Waals surface area contributed by atoms with Gasteiger partial charge in [0.2, 0.25) is 10.0 Å². The maximum atomic E-state index is 11.8. The summed E-state index contributed by atoms with van der Waals surface area (Å²) >= 11 is 0. The van der Waals surface area contributed by atoms with Gasteiger partial charge in [-0.2, -0.15) is 4.31 Å². The predicted octanol–water partition coefficient (Wildman–Crippen LogP) is -1.64. The summed E-state index contributed by atoms with van der Waals surface area (Å²) in [6, 6.07) is -0.443. The SMILES string of the molecule is NCCCS(=O)(=O)N1CCOCC1CO. The van der Waals surface area contributed by atoms with Crippen molar-refractivity contribution < 1.29 is 18.3 Å². The van der Waals surface area contributed by atoms with Crippen LogP contribution in [-0.2, 0) is 14.8 Å². The van der Waals surface area contributed by atoms with Crippen molar-refractivity contribution in [3.8, 4) is 0 Å². The highest BCUT2D eigenvalue weighted by Crippen LogP contribution is 2.13. The van der Waals surface area contributed by atoms with Gasteiger partial charge in [-0.3, -0.25) is 0 Å². The monoisotopic (exact) mass is 238 g/mol. The van der Waals surface area contributed by atoms with Crippen molar-refractivity contribution in [2.45, 2.75) is 12.5 Å². The first-order valence-electron chi connectivity index (χ1n) is 5.00. The Morgan fingerprint density at radius 3 is 2.87 bits per heavy atom. The molecule has 3 N–H and O–H groups in total. The molecule has 6 nitrogen and oxygen atoms in total. The van der Waals surface area contributed by atoms with Gasteiger partial charge in [-0.15, -0.1) is 0 Å². The van der Waals surface area contributed by atoms with Crippen molar-refractivity contribution in [2.75, 3.05) is 38.7 Å². The van der Waals surface area contributed by atoms with E-state index >= 15 is 0 Å². The van der Waals surface area contributed by atoms with Crippen molar-refractivity contribution in [3.05, 3.63) is 0 Å². The molecule has 1 fully saturated rings. The van der Waals surface area contributed by atoms with Gasteiger partial charge in [-0.1, -0.05) is 0 Å². The fourth-order valence-electron chi connectivity index (χ4n) is 1.53. The number of rotatable bonds is 5. The molecule has 1 aliphatic heterocycles. The summed E-state index contributed by atoms with van der Waals surface area (Å²) in [5, 5.41) is 9.04. The third-order valence-corrected chi connectivity index (χ3v) is 4.35. The van der Waals surface area contributed by atoms with Crippen LogP contribution >= 0.6 is 0 Å². The standard InChI is InChI=1S/C8H18N2O4S/c9-2-1-5-15(12,13)10-3-4-14-7-8(10)6-11/h8,11H,1-7,9H2. The molecule has 0 aromatic heterocycles. The lowest BCUT2D eigenvalue weighted by atomic mass is 10.3. The minimum atomic E-state index is -3.29. The van der Waals surface area contributed by atoms with E-state index in [1.54, 1.807) is 0 Å². The zero-order chi connectivity index (χ0) is 11.3. The summed E-state index contributed by atoms with van der Waals surface area (Å²) < 4.78 is 30.1. The van der Waals surface area contributed by atoms with Crippen molar-refractivity contribution >= 4 is 10.0 Å². The number of aliphatic hydroxyl groups excluding tert-OH is 1. The molecule has 7 heteroatoms. The maximum Gasteiger partial charge on any atom is 0.214 e. The molecule has 15 heavy (non-hydrogen) atoms. The minimum Gasteiger partial charge on any atom is -0.395 e. The largest absolute Gasteiger partial charge is 0.395 e. The molecule has 1 heterocycles. The second-order valence-electron chi connectivity index (χ2n) is 3.48. The summed E-state index contributed by atoms with van der Waals surface area (Å²) in [4.78, 5) is 0. The van der Waals surface area contributed by atoms with Gasteiger partial charge in [-0.05, 0) is 13.0 Å². The molecule has 90 valence electrons. The first-order chi connectivity index (χ1) is 7.11. The molecule has 0 bridgehead atoms. The lowest BCUT2D eigenvalue weighted by Crippen LogP contribution is -2.51. The lowest BCUT2D eigenvalue weighted by Gasteiger charge is -2.33. The maximum absolute atomic E-state index is 11.8. The predicted molar refractivity (Wildman–Crippen MR) is 55.9 cm³/mol. The number of ether oxygens (including phenoxy) is 1. The van der Waals surface area contributed by atoms with Crippen LogP contribution in [0.25, 0.3) is 0 Å². The molecule has 0 spiro atoms. The molecule has 0 aromatic carbocycles. The number of hydrogen-bond donors (Lipinski definition) is 2. The highest BCUT2D eigenvalue weighted by molar-refractivity contribution is 7.89. The second-order valence-corrected chi connectivity index (χ2v) is 5.52. The Morgan fingerprint density at radius 2 is 2.27 bits per heavy atom. The van der Waals surface area contributed by atoms with Crippen LogP contribution < -0.4 is 5.73 Å². The average molecular weight is 238 g/mol. The van der Waals surface area contributed by atoms with Gasteiger partial charge in [0.15, 0.2) is 0 Å². The molecule has 1 unspecified atom stereocenters. The number of nitrogens with two attached hydrogens (primary N) is 1. The third kappa shape index (κ3) is 3.39. The van der Waals surface area contributed by atoms with Crippen LogP contribution in [0.15, 0.2) is 0 Å². The topological polar surface area (TPSA) is 92.9 Å². The molecule has 0 saturated carbocycles. The Bertz CT molecular complexity index is 280. The Kier molecular flexibility index (Phi) is 4.94. The number of hydrogen-bond acceptors (Lipinski definition) is 5. The molecular formula is C8H18N2O4S. The molecular weight excluding hydrogens is 220 g/mol. The summed E-state index contributed by atoms with van der Waals surface area (Å²) in [7, 11) is -3.29. The molecule has 0 aromatic rings. The van der Waals surface area contributed by atoms with Gasteiger partial charge in [0.25, 0.3) is 0 Å². The first kappa shape index (κ1) is 12.9. The smallest absolute Gasteiger partial charge is 0.214 e. The second kappa shape index (κ2) is 5.76. The third-order valence-electron chi connectivity index (χ3n) is 2.35. The molecule has 1 rings (SSSR count). The van der Waals surface area contributed by atoms with Crippen LogP contribution in [-0.4, -0.2) is 62.5 Å². The van der Waals surface area contributed by atoms with E-state index < -0.39 is 16.1 Å². The van der Waals surface area contributed by atoms with E-state index in [9.17, 15) is 8.42 Å². The van der Waals surface area contributed by atoms with E-state index in [0.29, 0.717) is 26.1 Å². The summed E-state index contributed by atoms with van der Waals surface area (Å²) in [6.07, 6.45) is 0.442. The first-order valence-corrected chi connectivity index (χ1v) is 6.61. The summed E-state index contributed by atoms with van der Waals surface area (Å²) in [5.74, 6) is 0.0417. The molecule has 1 atom stereocenters. The Labute approximate surface area is 90.1 Å². The van der Waals surface area contributed by atoms with Gasteiger partial charge >= 0.3 is 0 Å². The van der Waals surface area contributed by atoms with Gasteiger partial charge < -0.3 is 15.6 Å². The van der Waals surface area contributed by atoms with Crippen LogP contribution in [0.1, 0.15) is 6.42 Å². The normalized spacial score (nSPS) is 24.3. The van der Waals surface area contributed by atoms with Gasteiger partial charge in [0.05, 0.1) is 31.6 Å². The zero-order valence-corrected chi connectivity index (χ0v) is 9.45. The van der Waals surface area contributed by atoms with Crippen LogP contribution in [0.5, 0.6) is 0 Å². The Hall–Kier alpha value is -0.210. The van der Waals surface area contributed by atoms with Crippen molar-refractivity contribution in [2.24, 2.45) is 5.73 Å². The molecule has 0 amide bonds. The minimum absolute atomic E-state index is 0.0417. The highest BCUT2D eigenvalue weighted by Gasteiger charge is 2.31. The van der Waals surface area contributed by atoms with E-state index in [0.717, 1.165) is 0 Å². The Morgan fingerprint density at radius 1 is 1.53 bits per heavy atom. The number of morpholine rings is 1. The van der Waals surface area contributed by atoms with E-state index in [1.807, 2.05) is 0 Å². The van der Waals surface area contributed by atoms with Gasteiger partial charge in [0.1, 0.15) is 0 Å². The highest BCUT2D eigenvalue weighted by atomic mass is 32.2. The van der Waals surface area contributed by atoms with Crippen LogP contribution in [0.3, 0.4) is 0 Å². The number of aliphatic hydroxyl groups is 1. The van der Waals surface area contributed by atoms with Crippen LogP contribution in [0.2, 0.25) is 0 Å². The van der Waals surface area contributed by atoms with Crippen molar-refractivity contribution in [1.29, 1.82) is 0 Å². The van der Waals surface area contributed by atoms with Crippen molar-refractivity contribution in [1.82, 2.24) is 4.31 Å². The van der Waals surface area contributed by atoms with E-state index in [1.165, 1.54) is 4.31 Å². The number of sulfonamides is 1. The number of nitrogens with zero attached hydrogens (tertiary/aromatic N) is 1. The molecule has 0 aliphatic carbocycles. The average Bonchev–Trinajstić information content (AvgIpc) is 2.26. The van der Waals surface area contributed by atoms with Crippen molar-refractivity contribution in [3.63, 3.8) is 0 Å². The molecule has 1 saturated heterocycles. The van der Waals surface area contributed by atoms with Gasteiger partial charge in [-0.25, -0.2) is 8.42 Å². The van der Waals surface area contributed by atoms with E-state index in [-0.39, 0.29) is 19.0 Å². The fraction of sp³-hybridized carbons (Fsp3) is 1.00. The molecule has 1 aliphatic rings. The summed E-state index contributed by atoms with van der Waals surface area (Å²) in [6.45, 7) is 1.12. The van der Waals surface area contributed by atoms with E-state index in [2.05, 4.69) is 0 Å². The van der Waals surface area contributed by atoms with E-state index in [4.69, 9.17) is 15.6 Å². The van der Waals surface area contributed by atoms with Crippen LogP contribution in [0, 0.1) is 0 Å². The fourth-order valence-corrected chi connectivity index (χ4v) is 3.23. The van der Waals surface area contributed by atoms with Gasteiger partial charge in [0, 0.05) is 6.54 Å².